The summed E-state index contributed by atoms with van der Waals surface area (Å²) in [6, 6.07) is 11.8. The summed E-state index contributed by atoms with van der Waals surface area (Å²) in [7, 11) is 0. The van der Waals surface area contributed by atoms with Crippen LogP contribution in [0.4, 0.5) is 0 Å². The van der Waals surface area contributed by atoms with Crippen molar-refractivity contribution in [1.82, 2.24) is 34.3 Å². The van der Waals surface area contributed by atoms with Crippen molar-refractivity contribution in [2.75, 3.05) is 6.54 Å². The van der Waals surface area contributed by atoms with Crippen LogP contribution in [0.15, 0.2) is 55.0 Å². The largest absolute Gasteiger partial charge is 0.329 e. The van der Waals surface area contributed by atoms with Crippen LogP contribution >= 0.6 is 0 Å². The zero-order chi connectivity index (χ0) is 18.4. The zero-order valence-electron chi connectivity index (χ0n) is 14.7. The van der Waals surface area contributed by atoms with Gasteiger partial charge in [0.15, 0.2) is 17.3 Å². The third-order valence-corrected chi connectivity index (χ3v) is 4.85. The molecule has 0 saturated carbocycles. The third kappa shape index (κ3) is 2.49. The molecular formula is C19H17N7O. The minimum absolute atomic E-state index is 0.0673. The van der Waals surface area contributed by atoms with Gasteiger partial charge in [-0.2, -0.15) is 5.10 Å². The zero-order valence-corrected chi connectivity index (χ0v) is 14.7. The first-order chi connectivity index (χ1) is 13.2. The number of hydrogen-bond acceptors (Lipinski definition) is 5. The molecule has 1 aliphatic rings. The second-order valence-electron chi connectivity index (χ2n) is 6.66. The molecule has 0 N–H and O–H groups in total. The molecule has 8 heteroatoms. The Hall–Kier alpha value is -3.55. The van der Waals surface area contributed by atoms with Gasteiger partial charge in [-0.1, -0.05) is 30.3 Å². The Labute approximate surface area is 155 Å². The molecule has 0 unspecified atom stereocenters. The van der Waals surface area contributed by atoms with Gasteiger partial charge in [-0.05, 0) is 13.0 Å². The summed E-state index contributed by atoms with van der Waals surface area (Å²) in [5.41, 5.74) is 2.08. The predicted molar refractivity (Wildman–Crippen MR) is 97.9 cm³/mol. The molecule has 0 fully saturated rings. The van der Waals surface area contributed by atoms with Crippen LogP contribution < -0.4 is 0 Å². The highest BCUT2D eigenvalue weighted by Gasteiger charge is 2.31. The fourth-order valence-electron chi connectivity index (χ4n) is 3.62. The lowest BCUT2D eigenvalue weighted by Crippen LogP contribution is -2.40. The Morgan fingerprint density at radius 2 is 2.00 bits per heavy atom. The summed E-state index contributed by atoms with van der Waals surface area (Å²) in [6.07, 6.45) is 5.01. The lowest BCUT2D eigenvalue weighted by Gasteiger charge is -2.32. The molecule has 1 amide bonds. The van der Waals surface area contributed by atoms with E-state index in [2.05, 4.69) is 31.8 Å². The van der Waals surface area contributed by atoms with Crippen molar-refractivity contribution in [2.24, 2.45) is 0 Å². The standard InChI is InChI=1S/C19H17N7O/c1-13-11-24(19(27)15-10-21-25-9-5-8-20-18(15)25)12-16-22-23-17(26(13)16)14-6-3-2-4-7-14/h2-10,13H,11-12H2,1H3/t13-/m0/s1. The van der Waals surface area contributed by atoms with Gasteiger partial charge in [0.2, 0.25) is 0 Å². The monoisotopic (exact) mass is 359 g/mol. The smallest absolute Gasteiger partial charge is 0.259 e. The van der Waals surface area contributed by atoms with E-state index in [0.29, 0.717) is 24.3 Å². The quantitative estimate of drug-likeness (QED) is 0.548. The van der Waals surface area contributed by atoms with Gasteiger partial charge in [-0.25, -0.2) is 9.50 Å². The van der Waals surface area contributed by atoms with E-state index in [1.54, 1.807) is 34.1 Å². The number of fused-ring (bicyclic) bond motifs is 2. The van der Waals surface area contributed by atoms with Crippen molar-refractivity contribution in [1.29, 1.82) is 0 Å². The van der Waals surface area contributed by atoms with Crippen LogP contribution in [0, 0.1) is 0 Å². The fourth-order valence-corrected chi connectivity index (χ4v) is 3.62. The molecule has 27 heavy (non-hydrogen) atoms. The molecule has 0 radical (unpaired) electrons. The predicted octanol–water partition coefficient (Wildman–Crippen LogP) is 2.20. The van der Waals surface area contributed by atoms with Crippen LogP contribution in [0.3, 0.4) is 0 Å². The molecule has 0 saturated heterocycles. The van der Waals surface area contributed by atoms with Crippen molar-refractivity contribution in [2.45, 2.75) is 19.5 Å². The number of benzene rings is 1. The molecule has 0 aliphatic carbocycles. The lowest BCUT2D eigenvalue weighted by atomic mass is 10.1. The first-order valence-corrected chi connectivity index (χ1v) is 8.79. The number of carbonyl (C=O) groups is 1. The second-order valence-corrected chi connectivity index (χ2v) is 6.66. The maximum Gasteiger partial charge on any atom is 0.259 e. The number of carbonyl (C=O) groups excluding carboxylic acids is 1. The number of amides is 1. The summed E-state index contributed by atoms with van der Waals surface area (Å²) < 4.78 is 3.73. The molecule has 8 nitrogen and oxygen atoms in total. The Morgan fingerprint density at radius 3 is 2.85 bits per heavy atom. The maximum atomic E-state index is 13.1. The minimum Gasteiger partial charge on any atom is -0.329 e. The van der Waals surface area contributed by atoms with Crippen LogP contribution in [0.1, 0.15) is 29.1 Å². The molecule has 1 aromatic carbocycles. The van der Waals surface area contributed by atoms with Crippen molar-refractivity contribution in [3.63, 3.8) is 0 Å². The molecular weight excluding hydrogens is 342 g/mol. The second kappa shape index (κ2) is 6.01. The Balaban J connectivity index is 1.49. The normalized spacial score (nSPS) is 16.5. The number of hydrogen-bond donors (Lipinski definition) is 0. The lowest BCUT2D eigenvalue weighted by molar-refractivity contribution is 0.0684. The molecule has 0 bridgehead atoms. The summed E-state index contributed by atoms with van der Waals surface area (Å²) in [5, 5.41) is 12.9. The Bertz CT molecular complexity index is 1130. The summed E-state index contributed by atoms with van der Waals surface area (Å²) in [4.78, 5) is 19.2. The van der Waals surface area contributed by atoms with Crippen molar-refractivity contribution in [3.8, 4) is 11.4 Å². The van der Waals surface area contributed by atoms with Crippen LogP contribution in [-0.4, -0.2) is 46.7 Å². The third-order valence-electron chi connectivity index (χ3n) is 4.85. The highest BCUT2D eigenvalue weighted by Crippen LogP contribution is 2.28. The van der Waals surface area contributed by atoms with E-state index in [0.717, 1.165) is 17.2 Å². The van der Waals surface area contributed by atoms with Crippen LogP contribution in [-0.2, 0) is 6.54 Å². The van der Waals surface area contributed by atoms with E-state index >= 15 is 0 Å². The summed E-state index contributed by atoms with van der Waals surface area (Å²) in [5.74, 6) is 1.53. The first kappa shape index (κ1) is 15.7. The average molecular weight is 359 g/mol. The van der Waals surface area contributed by atoms with Crippen molar-refractivity contribution < 1.29 is 4.79 Å². The molecule has 4 heterocycles. The minimum atomic E-state index is -0.0916. The van der Waals surface area contributed by atoms with E-state index in [9.17, 15) is 4.79 Å². The SMILES string of the molecule is C[C@H]1CN(C(=O)c2cnn3cccnc23)Cc2nnc(-c3ccccc3)n21. The van der Waals surface area contributed by atoms with Gasteiger partial charge in [-0.3, -0.25) is 4.79 Å². The van der Waals surface area contributed by atoms with E-state index in [-0.39, 0.29) is 11.9 Å². The molecule has 4 aromatic rings. The van der Waals surface area contributed by atoms with Gasteiger partial charge < -0.3 is 9.47 Å². The van der Waals surface area contributed by atoms with E-state index in [1.165, 1.54) is 0 Å². The number of aromatic nitrogens is 6. The molecule has 134 valence electrons. The number of rotatable bonds is 2. The number of nitrogens with zero attached hydrogens (tertiary/aromatic N) is 7. The van der Waals surface area contributed by atoms with Gasteiger partial charge >= 0.3 is 0 Å². The molecule has 0 spiro atoms. The van der Waals surface area contributed by atoms with Gasteiger partial charge in [0, 0.05) is 24.5 Å². The van der Waals surface area contributed by atoms with Crippen molar-refractivity contribution >= 4 is 11.6 Å². The van der Waals surface area contributed by atoms with Crippen LogP contribution in [0.2, 0.25) is 0 Å². The first-order valence-electron chi connectivity index (χ1n) is 8.79. The highest BCUT2D eigenvalue weighted by atomic mass is 16.2. The molecule has 1 atom stereocenters. The maximum absolute atomic E-state index is 13.1. The topological polar surface area (TPSA) is 81.2 Å². The highest BCUT2D eigenvalue weighted by molar-refractivity contribution is 5.99. The average Bonchev–Trinajstić information content (AvgIpc) is 3.33. The molecule has 3 aromatic heterocycles. The molecule has 1 aliphatic heterocycles. The van der Waals surface area contributed by atoms with Crippen LogP contribution in [0.5, 0.6) is 0 Å². The summed E-state index contributed by atoms with van der Waals surface area (Å²) in [6.45, 7) is 3.06. The van der Waals surface area contributed by atoms with Gasteiger partial charge in [0.25, 0.3) is 5.91 Å². The van der Waals surface area contributed by atoms with E-state index in [1.807, 2.05) is 30.3 Å². The fraction of sp³-hybridized carbons (Fsp3) is 0.211. The Morgan fingerprint density at radius 1 is 1.15 bits per heavy atom. The summed E-state index contributed by atoms with van der Waals surface area (Å²) >= 11 is 0. The molecule has 5 rings (SSSR count). The van der Waals surface area contributed by atoms with E-state index < -0.39 is 0 Å². The van der Waals surface area contributed by atoms with Gasteiger partial charge in [-0.15, -0.1) is 10.2 Å². The van der Waals surface area contributed by atoms with Crippen LogP contribution in [0.25, 0.3) is 17.0 Å². The van der Waals surface area contributed by atoms with Gasteiger partial charge in [0.1, 0.15) is 5.56 Å². The van der Waals surface area contributed by atoms with E-state index in [4.69, 9.17) is 0 Å². The van der Waals surface area contributed by atoms with Crippen molar-refractivity contribution in [3.05, 3.63) is 66.4 Å². The van der Waals surface area contributed by atoms with Gasteiger partial charge in [0.05, 0.1) is 18.8 Å². The Kier molecular flexibility index (Phi) is 3.49.